The summed E-state index contributed by atoms with van der Waals surface area (Å²) < 4.78 is 0. The van der Waals surface area contributed by atoms with Gasteiger partial charge in [0, 0.05) is 19.1 Å². The Bertz CT molecular complexity index is 513. The SMILES string of the molecule is CC(=O)/C(C#N)=N\Nc1ccc([N+](=O)[O-])cc1. The van der Waals surface area contributed by atoms with Gasteiger partial charge >= 0.3 is 0 Å². The van der Waals surface area contributed by atoms with Crippen molar-refractivity contribution in [3.8, 4) is 6.07 Å². The zero-order valence-corrected chi connectivity index (χ0v) is 8.88. The predicted octanol–water partition coefficient (Wildman–Crippen LogP) is 1.48. The number of carbonyl (C=O) groups excluding carboxylic acids is 1. The summed E-state index contributed by atoms with van der Waals surface area (Å²) in [7, 11) is 0. The van der Waals surface area contributed by atoms with Crippen LogP contribution in [0.25, 0.3) is 0 Å². The number of rotatable bonds is 4. The maximum absolute atomic E-state index is 10.9. The summed E-state index contributed by atoms with van der Waals surface area (Å²) in [5, 5.41) is 22.5. The Balaban J connectivity index is 2.80. The molecule has 0 aliphatic heterocycles. The van der Waals surface area contributed by atoms with Crippen LogP contribution < -0.4 is 5.43 Å². The van der Waals surface area contributed by atoms with Crippen molar-refractivity contribution in [3.63, 3.8) is 0 Å². The normalized spacial score (nSPS) is 10.5. The summed E-state index contributed by atoms with van der Waals surface area (Å²) in [6, 6.07) is 7.06. The van der Waals surface area contributed by atoms with E-state index in [9.17, 15) is 14.9 Å². The number of anilines is 1. The minimum Gasteiger partial charge on any atom is -0.292 e. The van der Waals surface area contributed by atoms with E-state index in [-0.39, 0.29) is 11.4 Å². The molecule has 0 heterocycles. The lowest BCUT2D eigenvalue weighted by molar-refractivity contribution is -0.384. The Kier molecular flexibility index (Phi) is 3.89. The van der Waals surface area contributed by atoms with Gasteiger partial charge in [-0.15, -0.1) is 0 Å². The number of non-ortho nitro benzene ring substituents is 1. The minimum absolute atomic E-state index is 0.0494. The number of ketones is 1. The maximum atomic E-state index is 10.9. The molecule has 0 amide bonds. The fourth-order valence-corrected chi connectivity index (χ4v) is 0.961. The number of nitro benzene ring substituents is 1. The van der Waals surface area contributed by atoms with Crippen LogP contribution in [-0.4, -0.2) is 16.4 Å². The van der Waals surface area contributed by atoms with Crippen molar-refractivity contribution in [2.45, 2.75) is 6.92 Å². The number of hydrazone groups is 1. The van der Waals surface area contributed by atoms with E-state index >= 15 is 0 Å². The highest BCUT2D eigenvalue weighted by Gasteiger charge is 2.05. The van der Waals surface area contributed by atoms with Crippen LogP contribution in [0.3, 0.4) is 0 Å². The van der Waals surface area contributed by atoms with Crippen LogP contribution in [0.1, 0.15) is 6.92 Å². The molecular weight excluding hydrogens is 224 g/mol. The molecule has 1 aromatic rings. The van der Waals surface area contributed by atoms with Gasteiger partial charge in [0.2, 0.25) is 5.71 Å². The van der Waals surface area contributed by atoms with Gasteiger partial charge in [0.25, 0.3) is 5.69 Å². The molecule has 7 heteroatoms. The highest BCUT2D eigenvalue weighted by molar-refractivity contribution is 6.45. The largest absolute Gasteiger partial charge is 0.292 e. The Morgan fingerprint density at radius 2 is 2.06 bits per heavy atom. The zero-order chi connectivity index (χ0) is 12.8. The number of nitrogens with zero attached hydrogens (tertiary/aromatic N) is 3. The number of benzene rings is 1. The van der Waals surface area contributed by atoms with Gasteiger partial charge in [-0.25, -0.2) is 0 Å². The van der Waals surface area contributed by atoms with E-state index in [4.69, 9.17) is 5.26 Å². The van der Waals surface area contributed by atoms with Gasteiger partial charge in [-0.1, -0.05) is 0 Å². The number of nitro groups is 1. The summed E-state index contributed by atoms with van der Waals surface area (Å²) in [6.45, 7) is 1.22. The van der Waals surface area contributed by atoms with E-state index in [1.165, 1.54) is 31.2 Å². The fourth-order valence-electron chi connectivity index (χ4n) is 0.961. The molecule has 0 aliphatic rings. The molecule has 0 saturated carbocycles. The van der Waals surface area contributed by atoms with Gasteiger partial charge in [0.1, 0.15) is 6.07 Å². The first-order valence-corrected chi connectivity index (χ1v) is 4.54. The third-order valence-corrected chi connectivity index (χ3v) is 1.81. The number of hydrogen-bond donors (Lipinski definition) is 1. The first-order chi connectivity index (χ1) is 8.04. The number of hydrogen-bond acceptors (Lipinski definition) is 6. The van der Waals surface area contributed by atoms with Gasteiger partial charge in [0.05, 0.1) is 10.6 Å². The molecular formula is C10H8N4O3. The number of nitrogens with one attached hydrogen (secondary N) is 1. The molecule has 7 nitrogen and oxygen atoms in total. The second-order valence-corrected chi connectivity index (χ2v) is 3.04. The van der Waals surface area contributed by atoms with Gasteiger partial charge in [-0.3, -0.25) is 20.3 Å². The molecule has 0 fully saturated rings. The lowest BCUT2D eigenvalue weighted by Crippen LogP contribution is -2.09. The van der Waals surface area contributed by atoms with E-state index in [2.05, 4.69) is 10.5 Å². The van der Waals surface area contributed by atoms with Crippen molar-refractivity contribution in [2.24, 2.45) is 5.10 Å². The zero-order valence-electron chi connectivity index (χ0n) is 8.88. The van der Waals surface area contributed by atoms with Gasteiger partial charge < -0.3 is 0 Å². The molecule has 0 unspecified atom stereocenters. The van der Waals surface area contributed by atoms with Crippen molar-refractivity contribution >= 4 is 22.9 Å². The smallest absolute Gasteiger partial charge is 0.269 e. The Labute approximate surface area is 96.5 Å². The Morgan fingerprint density at radius 1 is 1.47 bits per heavy atom. The third kappa shape index (κ3) is 3.39. The monoisotopic (exact) mass is 232 g/mol. The lowest BCUT2D eigenvalue weighted by Gasteiger charge is -1.99. The molecule has 1 aromatic carbocycles. The van der Waals surface area contributed by atoms with Crippen molar-refractivity contribution in [3.05, 3.63) is 34.4 Å². The van der Waals surface area contributed by atoms with Gasteiger partial charge in [0.15, 0.2) is 5.78 Å². The number of carbonyl (C=O) groups is 1. The highest BCUT2D eigenvalue weighted by Crippen LogP contribution is 2.15. The summed E-state index contributed by atoms with van der Waals surface area (Å²) >= 11 is 0. The molecule has 0 radical (unpaired) electrons. The number of Topliss-reactive ketones (excluding diaryl/α,β-unsaturated/α-hetero) is 1. The van der Waals surface area contributed by atoms with E-state index in [0.29, 0.717) is 5.69 Å². The van der Waals surface area contributed by atoms with Gasteiger partial charge in [-0.05, 0) is 12.1 Å². The molecule has 0 atom stereocenters. The van der Waals surface area contributed by atoms with Crippen LogP contribution in [0.15, 0.2) is 29.4 Å². The van der Waals surface area contributed by atoms with E-state index in [1.54, 1.807) is 6.07 Å². The molecule has 0 aromatic heterocycles. The van der Waals surface area contributed by atoms with E-state index in [0.717, 1.165) is 0 Å². The second-order valence-electron chi connectivity index (χ2n) is 3.04. The average molecular weight is 232 g/mol. The molecule has 1 N–H and O–H groups in total. The standard InChI is InChI=1S/C10H8N4O3/c1-7(15)10(6-11)13-12-8-2-4-9(5-3-8)14(16)17/h2-5,12H,1H3/b13-10-. The van der Waals surface area contributed by atoms with Crippen LogP contribution in [0, 0.1) is 21.4 Å². The Morgan fingerprint density at radius 3 is 2.47 bits per heavy atom. The van der Waals surface area contributed by atoms with Crippen molar-refractivity contribution in [2.75, 3.05) is 5.43 Å². The Hall–Kier alpha value is -2.75. The fraction of sp³-hybridized carbons (Fsp3) is 0.100. The summed E-state index contributed by atoms with van der Waals surface area (Å²) in [4.78, 5) is 20.7. The summed E-state index contributed by atoms with van der Waals surface area (Å²) in [6.07, 6.45) is 0. The highest BCUT2D eigenvalue weighted by atomic mass is 16.6. The predicted molar refractivity (Wildman–Crippen MR) is 60.4 cm³/mol. The quantitative estimate of drug-likeness (QED) is 0.480. The molecule has 0 spiro atoms. The van der Waals surface area contributed by atoms with E-state index < -0.39 is 10.7 Å². The molecule has 0 aliphatic carbocycles. The van der Waals surface area contributed by atoms with Crippen molar-refractivity contribution in [1.82, 2.24) is 0 Å². The maximum Gasteiger partial charge on any atom is 0.269 e. The van der Waals surface area contributed by atoms with Crippen molar-refractivity contribution in [1.29, 1.82) is 5.26 Å². The summed E-state index contributed by atoms with van der Waals surface area (Å²) in [5.74, 6) is -0.457. The first kappa shape index (κ1) is 12.3. The van der Waals surface area contributed by atoms with Crippen LogP contribution in [0.2, 0.25) is 0 Å². The van der Waals surface area contributed by atoms with Crippen LogP contribution in [-0.2, 0) is 4.79 Å². The van der Waals surface area contributed by atoms with Crippen LogP contribution in [0.5, 0.6) is 0 Å². The first-order valence-electron chi connectivity index (χ1n) is 4.54. The third-order valence-electron chi connectivity index (χ3n) is 1.81. The van der Waals surface area contributed by atoms with Crippen LogP contribution >= 0.6 is 0 Å². The van der Waals surface area contributed by atoms with Gasteiger partial charge in [-0.2, -0.15) is 10.4 Å². The molecule has 17 heavy (non-hydrogen) atoms. The molecule has 0 saturated heterocycles. The minimum atomic E-state index is -0.524. The van der Waals surface area contributed by atoms with Crippen molar-refractivity contribution < 1.29 is 9.72 Å². The number of nitriles is 1. The molecule has 86 valence electrons. The average Bonchev–Trinajstić information content (AvgIpc) is 2.30. The second kappa shape index (κ2) is 5.37. The lowest BCUT2D eigenvalue weighted by atomic mass is 10.3. The molecule has 1 rings (SSSR count). The summed E-state index contributed by atoms with van der Waals surface area (Å²) in [5.41, 5.74) is 2.60. The topological polar surface area (TPSA) is 108 Å². The molecule has 0 bridgehead atoms. The van der Waals surface area contributed by atoms with Crippen LogP contribution in [0.4, 0.5) is 11.4 Å². The van der Waals surface area contributed by atoms with E-state index in [1.807, 2.05) is 0 Å².